The van der Waals surface area contributed by atoms with Gasteiger partial charge in [0.1, 0.15) is 5.82 Å². The number of rotatable bonds is 2. The van der Waals surface area contributed by atoms with Gasteiger partial charge in [-0.2, -0.15) is 13.2 Å². The van der Waals surface area contributed by atoms with Crippen molar-refractivity contribution in [1.82, 2.24) is 25.8 Å². The number of dihydropyridines is 1. The van der Waals surface area contributed by atoms with Gasteiger partial charge in [-0.25, -0.2) is 4.79 Å². The molecule has 0 saturated carbocycles. The highest BCUT2D eigenvalue weighted by Crippen LogP contribution is 2.33. The lowest BCUT2D eigenvalue weighted by Gasteiger charge is -2.40. The van der Waals surface area contributed by atoms with E-state index in [1.165, 1.54) is 17.8 Å². The highest BCUT2D eigenvalue weighted by molar-refractivity contribution is 8.02. The molecule has 0 saturated heterocycles. The lowest BCUT2D eigenvalue weighted by Crippen LogP contribution is -2.54. The SMILES string of the molecule is CC1=CSC(NC(=O)N2CCN(C)C3=C2NC(c2cccc(C(F)(F)F)c2)C=C3)N1. The van der Waals surface area contributed by atoms with E-state index in [9.17, 15) is 18.0 Å². The number of halogens is 3. The first-order valence-electron chi connectivity index (χ1n) is 9.46. The fourth-order valence-corrected chi connectivity index (χ4v) is 4.38. The van der Waals surface area contributed by atoms with E-state index in [0.717, 1.165) is 23.5 Å². The van der Waals surface area contributed by atoms with E-state index in [1.54, 1.807) is 11.0 Å². The maximum Gasteiger partial charge on any atom is 0.416 e. The van der Waals surface area contributed by atoms with Gasteiger partial charge in [-0.3, -0.25) is 4.90 Å². The summed E-state index contributed by atoms with van der Waals surface area (Å²) in [6.45, 7) is 3.03. The summed E-state index contributed by atoms with van der Waals surface area (Å²) in [5.74, 6) is 0.582. The van der Waals surface area contributed by atoms with Crippen LogP contribution in [-0.4, -0.2) is 41.5 Å². The summed E-state index contributed by atoms with van der Waals surface area (Å²) in [5.41, 5.74) is 1.33. The van der Waals surface area contributed by atoms with Gasteiger partial charge in [-0.15, -0.1) is 0 Å². The smallest absolute Gasteiger partial charge is 0.370 e. The van der Waals surface area contributed by atoms with Gasteiger partial charge in [0.05, 0.1) is 17.3 Å². The minimum absolute atomic E-state index is 0.250. The third-order valence-corrected chi connectivity index (χ3v) is 6.13. The molecule has 3 aliphatic heterocycles. The molecule has 3 heterocycles. The van der Waals surface area contributed by atoms with Crippen LogP contribution in [0, 0.1) is 0 Å². The maximum atomic E-state index is 13.1. The molecule has 2 unspecified atom stereocenters. The first kappa shape index (κ1) is 20.5. The van der Waals surface area contributed by atoms with Crippen molar-refractivity contribution in [1.29, 1.82) is 0 Å². The largest absolute Gasteiger partial charge is 0.416 e. The molecule has 160 valence electrons. The fraction of sp³-hybridized carbons (Fsp3) is 0.350. The Morgan fingerprint density at radius 2 is 2.07 bits per heavy atom. The molecule has 2 amide bonds. The zero-order valence-electron chi connectivity index (χ0n) is 16.5. The second kappa shape index (κ2) is 7.82. The van der Waals surface area contributed by atoms with E-state index in [2.05, 4.69) is 16.0 Å². The minimum atomic E-state index is -4.41. The predicted molar refractivity (Wildman–Crippen MR) is 110 cm³/mol. The molecule has 3 N–H and O–H groups in total. The average Bonchev–Trinajstić information content (AvgIpc) is 3.12. The normalized spacial score (nSPS) is 23.6. The first-order chi connectivity index (χ1) is 14.2. The molecule has 1 aromatic carbocycles. The number of amides is 2. The fourth-order valence-electron chi connectivity index (χ4n) is 3.55. The van der Waals surface area contributed by atoms with Crippen molar-refractivity contribution >= 4 is 17.8 Å². The maximum absolute atomic E-state index is 13.1. The van der Waals surface area contributed by atoms with Crippen molar-refractivity contribution in [2.75, 3.05) is 20.1 Å². The van der Waals surface area contributed by atoms with Crippen LogP contribution in [-0.2, 0) is 6.18 Å². The third-order valence-electron chi connectivity index (χ3n) is 5.13. The molecule has 6 nitrogen and oxygen atoms in total. The van der Waals surface area contributed by atoms with Crippen molar-refractivity contribution in [3.8, 4) is 0 Å². The van der Waals surface area contributed by atoms with Crippen LogP contribution in [0.5, 0.6) is 0 Å². The molecule has 0 aromatic heterocycles. The lowest BCUT2D eigenvalue weighted by molar-refractivity contribution is -0.137. The Kier molecular flexibility index (Phi) is 5.35. The Bertz CT molecular complexity index is 943. The van der Waals surface area contributed by atoms with Gasteiger partial charge in [0, 0.05) is 25.8 Å². The Morgan fingerprint density at radius 1 is 1.27 bits per heavy atom. The van der Waals surface area contributed by atoms with Gasteiger partial charge < -0.3 is 20.9 Å². The molecule has 4 rings (SSSR count). The zero-order valence-corrected chi connectivity index (χ0v) is 17.3. The van der Waals surface area contributed by atoms with E-state index in [4.69, 9.17) is 0 Å². The van der Waals surface area contributed by atoms with E-state index in [1.807, 2.05) is 36.4 Å². The Balaban J connectivity index is 1.55. The van der Waals surface area contributed by atoms with Crippen LogP contribution in [0.25, 0.3) is 0 Å². The summed E-state index contributed by atoms with van der Waals surface area (Å²) < 4.78 is 39.3. The summed E-state index contributed by atoms with van der Waals surface area (Å²) in [6, 6.07) is 4.49. The standard InChI is InChI=1S/C20H22F3N5OS/c1-12-11-30-18(24-12)26-19(29)28-9-8-27(2)16-7-6-15(25-17(16)28)13-4-3-5-14(10-13)20(21,22)23/h3-7,10-11,15,18,24-25H,8-9H2,1-2H3,(H,26,29). The van der Waals surface area contributed by atoms with E-state index >= 15 is 0 Å². The number of benzene rings is 1. The number of hydrogen-bond acceptors (Lipinski definition) is 5. The number of allylic oxidation sites excluding steroid dienone is 2. The molecule has 2 atom stereocenters. The summed E-state index contributed by atoms with van der Waals surface area (Å²) in [7, 11) is 1.92. The van der Waals surface area contributed by atoms with Crippen LogP contribution >= 0.6 is 11.8 Å². The monoisotopic (exact) mass is 437 g/mol. The quantitative estimate of drug-likeness (QED) is 0.661. The van der Waals surface area contributed by atoms with Crippen molar-refractivity contribution in [3.05, 3.63) is 70.2 Å². The van der Waals surface area contributed by atoms with E-state index in [0.29, 0.717) is 24.5 Å². The topological polar surface area (TPSA) is 59.6 Å². The van der Waals surface area contributed by atoms with E-state index < -0.39 is 17.8 Å². The van der Waals surface area contributed by atoms with Gasteiger partial charge in [0.25, 0.3) is 0 Å². The first-order valence-corrected chi connectivity index (χ1v) is 10.4. The van der Waals surface area contributed by atoms with Gasteiger partial charge in [0.15, 0.2) is 5.50 Å². The predicted octanol–water partition coefficient (Wildman–Crippen LogP) is 3.51. The molecule has 3 aliphatic rings. The molecule has 30 heavy (non-hydrogen) atoms. The van der Waals surface area contributed by atoms with E-state index in [-0.39, 0.29) is 11.5 Å². The van der Waals surface area contributed by atoms with Crippen LogP contribution in [0.4, 0.5) is 18.0 Å². The lowest BCUT2D eigenvalue weighted by atomic mass is 10.0. The highest BCUT2D eigenvalue weighted by atomic mass is 32.2. The van der Waals surface area contributed by atoms with Crippen molar-refractivity contribution < 1.29 is 18.0 Å². The second-order valence-electron chi connectivity index (χ2n) is 7.32. The van der Waals surface area contributed by atoms with Crippen LogP contribution in [0.15, 0.2) is 59.0 Å². The number of hydrogen-bond donors (Lipinski definition) is 3. The molecular formula is C20H22F3N5OS. The minimum Gasteiger partial charge on any atom is -0.370 e. The number of urea groups is 1. The number of nitrogens with zero attached hydrogens (tertiary/aromatic N) is 2. The van der Waals surface area contributed by atoms with Gasteiger partial charge in [-0.1, -0.05) is 30.0 Å². The number of carbonyl (C=O) groups excluding carboxylic acids is 1. The zero-order chi connectivity index (χ0) is 21.5. The van der Waals surface area contributed by atoms with Crippen LogP contribution in [0.1, 0.15) is 24.1 Å². The van der Waals surface area contributed by atoms with Gasteiger partial charge in [-0.05, 0) is 36.1 Å². The van der Waals surface area contributed by atoms with Crippen molar-refractivity contribution in [2.24, 2.45) is 0 Å². The Morgan fingerprint density at radius 3 is 2.77 bits per heavy atom. The molecule has 10 heteroatoms. The number of carbonyl (C=O) groups is 1. The molecule has 0 spiro atoms. The molecule has 1 aromatic rings. The van der Waals surface area contributed by atoms with Crippen molar-refractivity contribution in [2.45, 2.75) is 24.6 Å². The highest BCUT2D eigenvalue weighted by Gasteiger charge is 2.34. The third kappa shape index (κ3) is 4.09. The Labute approximate surface area is 176 Å². The second-order valence-corrected chi connectivity index (χ2v) is 8.30. The van der Waals surface area contributed by atoms with Gasteiger partial charge in [0.2, 0.25) is 0 Å². The van der Waals surface area contributed by atoms with Crippen LogP contribution < -0.4 is 16.0 Å². The number of likely N-dealkylation sites (N-methyl/N-ethyl adjacent to an activating group) is 1. The van der Waals surface area contributed by atoms with Crippen LogP contribution in [0.2, 0.25) is 0 Å². The molecule has 0 fully saturated rings. The molecule has 0 bridgehead atoms. The number of alkyl halides is 3. The molecule has 0 aliphatic carbocycles. The average molecular weight is 437 g/mol. The Hall–Kier alpha value is -2.75. The van der Waals surface area contributed by atoms with Crippen LogP contribution in [0.3, 0.4) is 0 Å². The molecule has 0 radical (unpaired) electrons. The number of nitrogens with one attached hydrogen (secondary N) is 3. The summed E-state index contributed by atoms with van der Waals surface area (Å²) in [4.78, 5) is 16.5. The molecular weight excluding hydrogens is 415 g/mol. The summed E-state index contributed by atoms with van der Waals surface area (Å²) in [6.07, 6.45) is -0.744. The summed E-state index contributed by atoms with van der Waals surface area (Å²) in [5, 5.41) is 11.3. The summed E-state index contributed by atoms with van der Waals surface area (Å²) >= 11 is 1.47. The number of thioether (sulfide) groups is 1. The van der Waals surface area contributed by atoms with Crippen molar-refractivity contribution in [3.63, 3.8) is 0 Å². The van der Waals surface area contributed by atoms with Gasteiger partial charge >= 0.3 is 12.2 Å².